The quantitative estimate of drug-likeness (QED) is 0.844. The summed E-state index contributed by atoms with van der Waals surface area (Å²) >= 11 is 0. The molecule has 5 nitrogen and oxygen atoms in total. The number of carbonyl (C=O) groups is 2. The molecule has 0 spiro atoms. The van der Waals surface area contributed by atoms with Crippen LogP contribution in [0.2, 0.25) is 0 Å². The summed E-state index contributed by atoms with van der Waals surface area (Å²) in [6.07, 6.45) is -0.0000567. The van der Waals surface area contributed by atoms with Crippen LogP contribution < -0.4 is 4.90 Å². The van der Waals surface area contributed by atoms with Crippen molar-refractivity contribution in [3.05, 3.63) is 30.3 Å². The van der Waals surface area contributed by atoms with Crippen molar-refractivity contribution < 1.29 is 14.7 Å². The molecule has 0 saturated heterocycles. The first-order valence-electron chi connectivity index (χ1n) is 6.18. The maximum atomic E-state index is 12.0. The molecule has 1 amide bonds. The SMILES string of the molecule is CC(C(=O)N(C)C)N(CCC(=O)O)c1ccccc1. The highest BCUT2D eigenvalue weighted by Crippen LogP contribution is 2.17. The molecule has 1 N–H and O–H groups in total. The van der Waals surface area contributed by atoms with Crippen molar-refractivity contribution in [1.82, 2.24) is 4.90 Å². The van der Waals surface area contributed by atoms with Crippen LogP contribution in [0, 0.1) is 0 Å². The third kappa shape index (κ3) is 4.28. The number of nitrogens with zero attached hydrogens (tertiary/aromatic N) is 2. The van der Waals surface area contributed by atoms with Crippen molar-refractivity contribution >= 4 is 17.6 Å². The lowest BCUT2D eigenvalue weighted by Gasteiger charge is -2.31. The molecule has 1 rings (SSSR count). The molecule has 0 aromatic heterocycles. The van der Waals surface area contributed by atoms with E-state index in [2.05, 4.69) is 0 Å². The zero-order valence-electron chi connectivity index (χ0n) is 11.5. The number of aliphatic carboxylic acids is 1. The van der Waals surface area contributed by atoms with E-state index in [1.807, 2.05) is 35.2 Å². The predicted octanol–water partition coefficient (Wildman–Crippen LogP) is 1.44. The van der Waals surface area contributed by atoms with Gasteiger partial charge in [0.2, 0.25) is 5.91 Å². The molecule has 0 bridgehead atoms. The number of para-hydroxylation sites is 1. The number of benzene rings is 1. The number of hydrogen-bond acceptors (Lipinski definition) is 3. The summed E-state index contributed by atoms with van der Waals surface area (Å²) < 4.78 is 0. The molecular weight excluding hydrogens is 244 g/mol. The van der Waals surface area contributed by atoms with Crippen molar-refractivity contribution in [2.75, 3.05) is 25.5 Å². The number of carbonyl (C=O) groups excluding carboxylic acids is 1. The molecule has 0 heterocycles. The van der Waals surface area contributed by atoms with Gasteiger partial charge in [0, 0.05) is 26.3 Å². The van der Waals surface area contributed by atoms with Crippen molar-refractivity contribution in [2.45, 2.75) is 19.4 Å². The fraction of sp³-hybridized carbons (Fsp3) is 0.429. The van der Waals surface area contributed by atoms with E-state index in [1.54, 1.807) is 21.0 Å². The minimum absolute atomic E-state index is 0.0000567. The van der Waals surface area contributed by atoms with Crippen LogP contribution in [0.3, 0.4) is 0 Å². The fourth-order valence-electron chi connectivity index (χ4n) is 1.89. The topological polar surface area (TPSA) is 60.9 Å². The Morgan fingerprint density at radius 1 is 1.21 bits per heavy atom. The summed E-state index contributed by atoms with van der Waals surface area (Å²) in [6, 6.07) is 8.99. The van der Waals surface area contributed by atoms with Crippen LogP contribution in [-0.2, 0) is 9.59 Å². The Balaban J connectivity index is 2.92. The van der Waals surface area contributed by atoms with Crippen LogP contribution in [0.25, 0.3) is 0 Å². The summed E-state index contributed by atoms with van der Waals surface area (Å²) in [5.74, 6) is -0.917. The first-order valence-corrected chi connectivity index (χ1v) is 6.18. The van der Waals surface area contributed by atoms with Crippen LogP contribution in [0.15, 0.2) is 30.3 Å². The number of anilines is 1. The van der Waals surface area contributed by atoms with Crippen molar-refractivity contribution in [1.29, 1.82) is 0 Å². The average Bonchev–Trinajstić information content (AvgIpc) is 2.38. The molecule has 1 atom stereocenters. The molecule has 0 aliphatic rings. The molecule has 0 saturated carbocycles. The van der Waals surface area contributed by atoms with E-state index in [0.717, 1.165) is 5.69 Å². The van der Waals surface area contributed by atoms with Gasteiger partial charge in [-0.05, 0) is 19.1 Å². The Morgan fingerprint density at radius 2 is 1.79 bits per heavy atom. The number of amides is 1. The minimum atomic E-state index is -0.870. The Kier molecular flexibility index (Phi) is 5.36. The van der Waals surface area contributed by atoms with E-state index >= 15 is 0 Å². The molecule has 5 heteroatoms. The number of carboxylic acids is 1. The van der Waals surface area contributed by atoms with Crippen molar-refractivity contribution in [3.63, 3.8) is 0 Å². The lowest BCUT2D eigenvalue weighted by Crippen LogP contribution is -2.45. The summed E-state index contributed by atoms with van der Waals surface area (Å²) in [6.45, 7) is 2.09. The zero-order chi connectivity index (χ0) is 14.4. The molecular formula is C14H20N2O3. The number of hydrogen-bond donors (Lipinski definition) is 1. The number of rotatable bonds is 6. The van der Waals surface area contributed by atoms with Crippen LogP contribution in [0.1, 0.15) is 13.3 Å². The van der Waals surface area contributed by atoms with Gasteiger partial charge in [-0.3, -0.25) is 9.59 Å². The molecule has 19 heavy (non-hydrogen) atoms. The molecule has 0 radical (unpaired) electrons. The second kappa shape index (κ2) is 6.78. The van der Waals surface area contributed by atoms with Gasteiger partial charge in [-0.15, -0.1) is 0 Å². The summed E-state index contributed by atoms with van der Waals surface area (Å²) in [5, 5.41) is 8.82. The molecule has 0 aliphatic carbocycles. The average molecular weight is 264 g/mol. The van der Waals surface area contributed by atoms with Gasteiger partial charge in [0.25, 0.3) is 0 Å². The zero-order valence-corrected chi connectivity index (χ0v) is 11.5. The highest BCUT2D eigenvalue weighted by molar-refractivity contribution is 5.84. The minimum Gasteiger partial charge on any atom is -0.481 e. The molecule has 0 fully saturated rings. The third-order valence-electron chi connectivity index (χ3n) is 2.92. The lowest BCUT2D eigenvalue weighted by atomic mass is 10.2. The smallest absolute Gasteiger partial charge is 0.305 e. The van der Waals surface area contributed by atoms with Crippen LogP contribution in [0.5, 0.6) is 0 Å². The predicted molar refractivity (Wildman–Crippen MR) is 74.2 cm³/mol. The van der Waals surface area contributed by atoms with Gasteiger partial charge in [-0.1, -0.05) is 18.2 Å². The van der Waals surface area contributed by atoms with E-state index in [4.69, 9.17) is 5.11 Å². The molecule has 1 unspecified atom stereocenters. The largest absolute Gasteiger partial charge is 0.481 e. The van der Waals surface area contributed by atoms with Gasteiger partial charge in [-0.2, -0.15) is 0 Å². The second-order valence-electron chi connectivity index (χ2n) is 4.58. The van der Waals surface area contributed by atoms with Gasteiger partial charge >= 0.3 is 5.97 Å². The van der Waals surface area contributed by atoms with Crippen molar-refractivity contribution in [2.24, 2.45) is 0 Å². The Morgan fingerprint density at radius 3 is 2.26 bits per heavy atom. The van der Waals surface area contributed by atoms with E-state index in [0.29, 0.717) is 6.54 Å². The Bertz CT molecular complexity index is 432. The molecule has 1 aromatic rings. The highest BCUT2D eigenvalue weighted by Gasteiger charge is 2.23. The first kappa shape index (κ1) is 15.0. The third-order valence-corrected chi connectivity index (χ3v) is 2.92. The lowest BCUT2D eigenvalue weighted by molar-refractivity contribution is -0.137. The number of likely N-dealkylation sites (N-methyl/N-ethyl adjacent to an activating group) is 1. The van der Waals surface area contributed by atoms with Crippen molar-refractivity contribution in [3.8, 4) is 0 Å². The maximum Gasteiger partial charge on any atom is 0.305 e. The van der Waals surface area contributed by atoms with Gasteiger partial charge < -0.3 is 14.9 Å². The first-order chi connectivity index (χ1) is 8.93. The number of carboxylic acid groups (broad SMARTS) is 1. The van der Waals surface area contributed by atoms with Gasteiger partial charge in [0.1, 0.15) is 6.04 Å². The molecule has 104 valence electrons. The summed E-state index contributed by atoms with van der Waals surface area (Å²) in [4.78, 5) is 26.1. The monoisotopic (exact) mass is 264 g/mol. The standard InChI is InChI=1S/C14H20N2O3/c1-11(14(19)15(2)3)16(10-9-13(17)18)12-7-5-4-6-8-12/h4-8,11H,9-10H2,1-3H3,(H,17,18). The van der Waals surface area contributed by atoms with E-state index in [-0.39, 0.29) is 12.3 Å². The summed E-state index contributed by atoms with van der Waals surface area (Å²) in [5.41, 5.74) is 0.853. The van der Waals surface area contributed by atoms with Gasteiger partial charge in [0.15, 0.2) is 0 Å². The molecule has 0 aliphatic heterocycles. The maximum absolute atomic E-state index is 12.0. The van der Waals surface area contributed by atoms with Crippen LogP contribution >= 0.6 is 0 Å². The normalized spacial score (nSPS) is 11.7. The molecule has 1 aromatic carbocycles. The van der Waals surface area contributed by atoms with Crippen LogP contribution in [-0.4, -0.2) is 48.6 Å². The summed E-state index contributed by atoms with van der Waals surface area (Å²) in [7, 11) is 3.39. The Labute approximate surface area is 113 Å². The van der Waals surface area contributed by atoms with Gasteiger partial charge in [-0.25, -0.2) is 0 Å². The highest BCUT2D eigenvalue weighted by atomic mass is 16.4. The van der Waals surface area contributed by atoms with Crippen LogP contribution in [0.4, 0.5) is 5.69 Å². The van der Waals surface area contributed by atoms with E-state index in [9.17, 15) is 9.59 Å². The Hall–Kier alpha value is -2.04. The van der Waals surface area contributed by atoms with E-state index < -0.39 is 12.0 Å². The second-order valence-corrected chi connectivity index (χ2v) is 4.58. The van der Waals surface area contributed by atoms with Gasteiger partial charge in [0.05, 0.1) is 6.42 Å². The fourth-order valence-corrected chi connectivity index (χ4v) is 1.89. The van der Waals surface area contributed by atoms with E-state index in [1.165, 1.54) is 4.90 Å².